The zero-order chi connectivity index (χ0) is 29.2. The summed E-state index contributed by atoms with van der Waals surface area (Å²) in [4.78, 5) is 37.3. The molecule has 0 spiro atoms. The van der Waals surface area contributed by atoms with Gasteiger partial charge in [-0.15, -0.1) is 0 Å². The first-order valence-electron chi connectivity index (χ1n) is 11.4. The minimum Gasteiger partial charge on any atom is -0.462 e. The van der Waals surface area contributed by atoms with Gasteiger partial charge in [0.2, 0.25) is 6.23 Å². The Bertz CT molecular complexity index is 1320. The molecule has 3 rings (SSSR count). The van der Waals surface area contributed by atoms with Gasteiger partial charge in [-0.25, -0.2) is 18.1 Å². The molecular weight excluding hydrogens is 557 g/mol. The second-order valence-corrected chi connectivity index (χ2v) is 10.5. The third kappa shape index (κ3) is 6.58. The van der Waals surface area contributed by atoms with Crippen LogP contribution in [-0.4, -0.2) is 63.4 Å². The lowest BCUT2D eigenvalue weighted by Crippen LogP contribution is -2.54. The van der Waals surface area contributed by atoms with Gasteiger partial charge in [0, 0.05) is 12.3 Å². The SMILES string of the molecule is CC(C)OC(=O)[C@H](C)NP(=O)(OC[C@@]1(C(F)F)O[C@@H](n2ccc(=O)[nH]c2=O)C(F)(F)[C@@H]1O)Oc1ccccc1. The Balaban J connectivity index is 1.95. The Kier molecular flexibility index (Phi) is 9.07. The van der Waals surface area contributed by atoms with Crippen LogP contribution in [0.4, 0.5) is 17.6 Å². The van der Waals surface area contributed by atoms with Crippen LogP contribution in [0.1, 0.15) is 27.0 Å². The zero-order valence-electron chi connectivity index (χ0n) is 20.8. The number of H-pyrrole nitrogens is 1. The fourth-order valence-electron chi connectivity index (χ4n) is 3.53. The lowest BCUT2D eigenvalue weighted by Gasteiger charge is -2.32. The Morgan fingerprint density at radius 1 is 1.21 bits per heavy atom. The Hall–Kier alpha value is -3.04. The smallest absolute Gasteiger partial charge is 0.459 e. The number of aromatic amines is 1. The van der Waals surface area contributed by atoms with Crippen molar-refractivity contribution in [2.75, 3.05) is 6.61 Å². The summed E-state index contributed by atoms with van der Waals surface area (Å²) in [6.45, 7) is 2.62. The number of halogens is 4. The van der Waals surface area contributed by atoms with Crippen LogP contribution in [-0.2, 0) is 23.4 Å². The number of hydrogen-bond donors (Lipinski definition) is 3. The molecule has 1 unspecified atom stereocenters. The second-order valence-electron chi connectivity index (χ2n) is 8.83. The van der Waals surface area contributed by atoms with Crippen molar-refractivity contribution in [2.45, 2.75) is 63.2 Å². The zero-order valence-corrected chi connectivity index (χ0v) is 21.6. The molecule has 17 heteroatoms. The van der Waals surface area contributed by atoms with Gasteiger partial charge in [-0.2, -0.15) is 13.9 Å². The van der Waals surface area contributed by atoms with Crippen molar-refractivity contribution < 1.29 is 50.5 Å². The molecule has 1 aromatic carbocycles. The summed E-state index contributed by atoms with van der Waals surface area (Å²) in [5.41, 5.74) is -5.93. The van der Waals surface area contributed by atoms with Crippen molar-refractivity contribution in [3.63, 3.8) is 0 Å². The molecule has 216 valence electrons. The minimum atomic E-state index is -4.84. The maximum atomic E-state index is 15.0. The lowest BCUT2D eigenvalue weighted by atomic mass is 9.96. The lowest BCUT2D eigenvalue weighted by molar-refractivity contribution is -0.193. The van der Waals surface area contributed by atoms with Gasteiger partial charge in [0.05, 0.1) is 12.7 Å². The van der Waals surface area contributed by atoms with E-state index in [2.05, 4.69) is 5.09 Å². The molecule has 1 aromatic heterocycles. The first kappa shape index (κ1) is 30.5. The number of para-hydroxylation sites is 1. The van der Waals surface area contributed by atoms with E-state index in [0.29, 0.717) is 12.3 Å². The standard InChI is InChI=1S/C22H26F4N3O9P/c1-12(2)36-16(31)13(3)28-39(34,38-14-7-5-4-6-8-14)35-11-21(18(23)24)17(32)22(25,26)19(37-21)29-10-9-15(30)27-20(29)33/h4-10,12-13,17-19,32H,11H2,1-3H3,(H,28,34)(H,27,30,33)/t13-,17+,19+,21+,39?/m0/s1. The first-order chi connectivity index (χ1) is 18.1. The van der Waals surface area contributed by atoms with Gasteiger partial charge >= 0.3 is 25.3 Å². The fourth-order valence-corrected chi connectivity index (χ4v) is 5.06. The van der Waals surface area contributed by atoms with Gasteiger partial charge in [0.1, 0.15) is 11.8 Å². The van der Waals surface area contributed by atoms with E-state index in [1.807, 2.05) is 0 Å². The normalized spacial score (nSPS) is 24.9. The number of carbonyl (C=O) groups excluding carboxylic acids is 1. The van der Waals surface area contributed by atoms with Crippen LogP contribution in [0.2, 0.25) is 0 Å². The third-order valence-electron chi connectivity index (χ3n) is 5.45. The first-order valence-corrected chi connectivity index (χ1v) is 13.0. The molecule has 0 aliphatic carbocycles. The van der Waals surface area contributed by atoms with E-state index in [9.17, 15) is 32.8 Å². The third-order valence-corrected chi connectivity index (χ3v) is 7.07. The molecule has 2 aromatic rings. The van der Waals surface area contributed by atoms with Crippen molar-refractivity contribution in [1.82, 2.24) is 14.6 Å². The average molecular weight is 583 g/mol. The van der Waals surface area contributed by atoms with Gasteiger partial charge in [0.25, 0.3) is 12.0 Å². The van der Waals surface area contributed by atoms with Crippen molar-refractivity contribution in [1.29, 1.82) is 0 Å². The van der Waals surface area contributed by atoms with Crippen LogP contribution in [0.15, 0.2) is 52.2 Å². The average Bonchev–Trinajstić information content (AvgIpc) is 3.04. The Labute approximate surface area is 218 Å². The van der Waals surface area contributed by atoms with E-state index >= 15 is 8.78 Å². The molecule has 0 radical (unpaired) electrons. The highest BCUT2D eigenvalue weighted by Gasteiger charge is 2.71. The van der Waals surface area contributed by atoms with Gasteiger partial charge in [-0.05, 0) is 32.9 Å². The van der Waals surface area contributed by atoms with Crippen LogP contribution < -0.4 is 20.9 Å². The van der Waals surface area contributed by atoms with Crippen molar-refractivity contribution in [2.24, 2.45) is 0 Å². The van der Waals surface area contributed by atoms with Crippen LogP contribution in [0.25, 0.3) is 0 Å². The summed E-state index contributed by atoms with van der Waals surface area (Å²) in [6.07, 6.45) is -9.98. The number of aliphatic hydroxyl groups excluding tert-OH is 1. The van der Waals surface area contributed by atoms with E-state index < -0.39 is 74.0 Å². The summed E-state index contributed by atoms with van der Waals surface area (Å²) in [5, 5.41) is 12.5. The fraction of sp³-hybridized carbons (Fsp3) is 0.500. The summed E-state index contributed by atoms with van der Waals surface area (Å²) in [6, 6.07) is 6.39. The molecule has 1 aliphatic heterocycles. The molecular formula is C22H26F4N3O9P. The molecule has 0 saturated carbocycles. The van der Waals surface area contributed by atoms with Crippen molar-refractivity contribution in [3.8, 4) is 5.75 Å². The highest BCUT2D eigenvalue weighted by atomic mass is 31.2. The number of hydrogen-bond acceptors (Lipinski definition) is 9. The second kappa shape index (κ2) is 11.6. The maximum Gasteiger partial charge on any atom is 0.459 e. The number of aromatic nitrogens is 2. The molecule has 3 N–H and O–H groups in total. The predicted molar refractivity (Wildman–Crippen MR) is 126 cm³/mol. The molecule has 12 nitrogen and oxygen atoms in total. The number of nitrogens with zero attached hydrogens (tertiary/aromatic N) is 1. The van der Waals surface area contributed by atoms with Crippen LogP contribution in [0.5, 0.6) is 5.75 Å². The number of carbonyl (C=O) groups is 1. The number of rotatable bonds is 11. The van der Waals surface area contributed by atoms with Crippen LogP contribution in [0.3, 0.4) is 0 Å². The van der Waals surface area contributed by atoms with E-state index in [1.54, 1.807) is 11.1 Å². The molecule has 2 heterocycles. The maximum absolute atomic E-state index is 15.0. The van der Waals surface area contributed by atoms with Crippen LogP contribution >= 0.6 is 7.75 Å². The predicted octanol–water partition coefficient (Wildman–Crippen LogP) is 2.20. The number of ether oxygens (including phenoxy) is 2. The molecule has 0 amide bonds. The highest BCUT2D eigenvalue weighted by molar-refractivity contribution is 7.52. The monoisotopic (exact) mass is 583 g/mol. The Morgan fingerprint density at radius 3 is 2.41 bits per heavy atom. The van der Waals surface area contributed by atoms with Gasteiger partial charge < -0.3 is 19.1 Å². The van der Waals surface area contributed by atoms with E-state index in [0.717, 1.165) is 0 Å². The van der Waals surface area contributed by atoms with Crippen molar-refractivity contribution in [3.05, 3.63) is 63.4 Å². The number of esters is 1. The summed E-state index contributed by atoms with van der Waals surface area (Å²) in [7, 11) is -4.84. The van der Waals surface area contributed by atoms with Gasteiger partial charge in [-0.3, -0.25) is 23.7 Å². The number of nitrogens with one attached hydrogen (secondary N) is 2. The Morgan fingerprint density at radius 2 is 1.85 bits per heavy atom. The minimum absolute atomic E-state index is 0.108. The quantitative estimate of drug-likeness (QED) is 0.204. The van der Waals surface area contributed by atoms with E-state index in [-0.39, 0.29) is 10.3 Å². The molecule has 1 saturated heterocycles. The summed E-state index contributed by atoms with van der Waals surface area (Å²) < 4.78 is 92.6. The number of alkyl halides is 4. The highest BCUT2D eigenvalue weighted by Crippen LogP contribution is 2.53. The van der Waals surface area contributed by atoms with E-state index in [4.69, 9.17) is 18.5 Å². The van der Waals surface area contributed by atoms with Crippen LogP contribution in [0, 0.1) is 0 Å². The van der Waals surface area contributed by atoms with Crippen molar-refractivity contribution >= 4 is 13.7 Å². The number of benzene rings is 1. The summed E-state index contributed by atoms with van der Waals surface area (Å²) in [5.74, 6) is -5.55. The molecule has 39 heavy (non-hydrogen) atoms. The topological polar surface area (TPSA) is 158 Å². The van der Waals surface area contributed by atoms with Gasteiger partial charge in [-0.1, -0.05) is 18.2 Å². The molecule has 0 bridgehead atoms. The van der Waals surface area contributed by atoms with Gasteiger partial charge in [0.15, 0.2) is 11.7 Å². The van der Waals surface area contributed by atoms with E-state index in [1.165, 1.54) is 45.0 Å². The molecule has 1 fully saturated rings. The number of aliphatic hydroxyl groups is 1. The molecule has 1 aliphatic rings. The molecule has 5 atom stereocenters. The largest absolute Gasteiger partial charge is 0.462 e. The summed E-state index contributed by atoms with van der Waals surface area (Å²) >= 11 is 0.